The highest BCUT2D eigenvalue weighted by Gasteiger charge is 2.36. The van der Waals surface area contributed by atoms with Crippen molar-refractivity contribution in [1.29, 1.82) is 0 Å². The second-order valence-corrected chi connectivity index (χ2v) is 7.30. The number of halogens is 1. The maximum absolute atomic E-state index is 13.6. The lowest BCUT2D eigenvalue weighted by Crippen LogP contribution is -2.28. The van der Waals surface area contributed by atoms with Crippen LogP contribution in [0.15, 0.2) is 65.3 Å². The summed E-state index contributed by atoms with van der Waals surface area (Å²) in [6.07, 6.45) is 1.27. The topological polar surface area (TPSA) is 135 Å². The standard InChI is InChI=1S/C22H17FN4O6/c23-17-7-6-16(11-18(17)27(31)32)26-12-13(9-20(26)28)21(29)24-14-3-1-4-15(10-14)25-22(30)19-5-2-8-33-19/h1-8,10-11,13H,9,12H2,(H,24,29)(H,25,30). The number of nitro benzene ring substituents is 1. The van der Waals surface area contributed by atoms with Crippen molar-refractivity contribution in [3.63, 3.8) is 0 Å². The number of nitro groups is 1. The molecule has 3 amide bonds. The molecule has 3 aromatic rings. The van der Waals surface area contributed by atoms with E-state index in [0.29, 0.717) is 11.4 Å². The molecule has 1 fully saturated rings. The molecule has 0 bridgehead atoms. The fourth-order valence-corrected chi connectivity index (χ4v) is 3.46. The molecular formula is C22H17FN4O6. The number of hydrogen-bond acceptors (Lipinski definition) is 6. The molecule has 2 aromatic carbocycles. The van der Waals surface area contributed by atoms with Crippen LogP contribution in [-0.4, -0.2) is 29.2 Å². The van der Waals surface area contributed by atoms with Gasteiger partial charge < -0.3 is 20.0 Å². The normalized spacial score (nSPS) is 15.4. The summed E-state index contributed by atoms with van der Waals surface area (Å²) in [5.41, 5.74) is 0.227. The van der Waals surface area contributed by atoms with Crippen molar-refractivity contribution in [3.8, 4) is 0 Å². The first kappa shape index (κ1) is 21.7. The van der Waals surface area contributed by atoms with Crippen LogP contribution < -0.4 is 15.5 Å². The van der Waals surface area contributed by atoms with Gasteiger partial charge in [0.25, 0.3) is 5.91 Å². The van der Waals surface area contributed by atoms with Crippen molar-refractivity contribution >= 4 is 40.5 Å². The molecule has 2 N–H and O–H groups in total. The highest BCUT2D eigenvalue weighted by Crippen LogP contribution is 2.30. The first-order valence-corrected chi connectivity index (χ1v) is 9.82. The SMILES string of the molecule is O=C(Nc1cccc(NC(=O)C2CC(=O)N(c3ccc(F)c([N+](=O)[O-])c3)C2)c1)c1ccco1. The summed E-state index contributed by atoms with van der Waals surface area (Å²) in [4.78, 5) is 48.6. The van der Waals surface area contributed by atoms with Gasteiger partial charge >= 0.3 is 5.69 Å². The van der Waals surface area contributed by atoms with Gasteiger partial charge in [-0.2, -0.15) is 4.39 Å². The van der Waals surface area contributed by atoms with Crippen LogP contribution in [-0.2, 0) is 9.59 Å². The Hall–Kier alpha value is -4.54. The van der Waals surface area contributed by atoms with Gasteiger partial charge in [0.05, 0.1) is 22.8 Å². The van der Waals surface area contributed by atoms with Gasteiger partial charge in [-0.25, -0.2) is 0 Å². The number of anilines is 3. The number of carbonyl (C=O) groups is 3. The van der Waals surface area contributed by atoms with E-state index in [0.717, 1.165) is 12.1 Å². The zero-order valence-corrected chi connectivity index (χ0v) is 17.0. The monoisotopic (exact) mass is 452 g/mol. The van der Waals surface area contributed by atoms with Gasteiger partial charge in [-0.3, -0.25) is 24.5 Å². The Bertz CT molecular complexity index is 1240. The lowest BCUT2D eigenvalue weighted by molar-refractivity contribution is -0.387. The van der Waals surface area contributed by atoms with E-state index in [1.807, 2.05) is 0 Å². The van der Waals surface area contributed by atoms with Crippen molar-refractivity contribution in [2.45, 2.75) is 6.42 Å². The molecule has 0 spiro atoms. The van der Waals surface area contributed by atoms with E-state index in [2.05, 4.69) is 10.6 Å². The van der Waals surface area contributed by atoms with Crippen molar-refractivity contribution < 1.29 is 28.1 Å². The van der Waals surface area contributed by atoms with E-state index in [4.69, 9.17) is 4.42 Å². The maximum atomic E-state index is 13.6. The van der Waals surface area contributed by atoms with Crippen LogP contribution in [0.5, 0.6) is 0 Å². The average molecular weight is 452 g/mol. The van der Waals surface area contributed by atoms with Crippen LogP contribution in [0.2, 0.25) is 0 Å². The Morgan fingerprint density at radius 3 is 2.55 bits per heavy atom. The van der Waals surface area contributed by atoms with E-state index in [9.17, 15) is 28.9 Å². The first-order chi connectivity index (χ1) is 15.8. The molecule has 168 valence electrons. The predicted molar refractivity (Wildman–Crippen MR) is 115 cm³/mol. The molecule has 1 aromatic heterocycles. The van der Waals surface area contributed by atoms with Gasteiger partial charge in [-0.15, -0.1) is 0 Å². The second kappa shape index (κ2) is 8.91. The van der Waals surface area contributed by atoms with Crippen LogP contribution >= 0.6 is 0 Å². The van der Waals surface area contributed by atoms with E-state index in [-0.39, 0.29) is 24.4 Å². The molecule has 1 saturated heterocycles. The number of rotatable bonds is 6. The van der Waals surface area contributed by atoms with Gasteiger partial charge in [0.2, 0.25) is 17.6 Å². The molecule has 0 radical (unpaired) electrons. The van der Waals surface area contributed by atoms with Crippen LogP contribution in [0.25, 0.3) is 0 Å². The largest absolute Gasteiger partial charge is 0.459 e. The molecular weight excluding hydrogens is 435 g/mol. The fourth-order valence-electron chi connectivity index (χ4n) is 3.46. The highest BCUT2D eigenvalue weighted by atomic mass is 19.1. The summed E-state index contributed by atoms with van der Waals surface area (Å²) in [6.45, 7) is -0.0115. The summed E-state index contributed by atoms with van der Waals surface area (Å²) in [5.74, 6) is -2.89. The van der Waals surface area contributed by atoms with Crippen LogP contribution in [0.4, 0.5) is 27.1 Å². The molecule has 1 aliphatic heterocycles. The molecule has 4 rings (SSSR count). The maximum Gasteiger partial charge on any atom is 0.306 e. The summed E-state index contributed by atoms with van der Waals surface area (Å²) < 4.78 is 18.6. The number of benzene rings is 2. The highest BCUT2D eigenvalue weighted by molar-refractivity contribution is 6.05. The number of furan rings is 1. The number of carbonyl (C=O) groups excluding carboxylic acids is 3. The Balaban J connectivity index is 1.42. The molecule has 1 unspecified atom stereocenters. The summed E-state index contributed by atoms with van der Waals surface area (Å²) in [7, 11) is 0. The molecule has 10 nitrogen and oxygen atoms in total. The van der Waals surface area contributed by atoms with Gasteiger partial charge in [-0.1, -0.05) is 6.07 Å². The van der Waals surface area contributed by atoms with Gasteiger partial charge in [0.15, 0.2) is 5.76 Å². The zero-order chi connectivity index (χ0) is 23.5. The second-order valence-electron chi connectivity index (χ2n) is 7.30. The van der Waals surface area contributed by atoms with Crippen LogP contribution in [0.1, 0.15) is 17.0 Å². The van der Waals surface area contributed by atoms with Crippen molar-refractivity contribution in [1.82, 2.24) is 0 Å². The average Bonchev–Trinajstić information content (AvgIpc) is 3.44. The molecule has 11 heteroatoms. The molecule has 33 heavy (non-hydrogen) atoms. The fraction of sp³-hybridized carbons (Fsp3) is 0.136. The minimum Gasteiger partial charge on any atom is -0.459 e. The summed E-state index contributed by atoms with van der Waals surface area (Å²) in [5, 5.41) is 16.3. The minimum absolute atomic E-state index is 0.0115. The molecule has 0 aliphatic carbocycles. The van der Waals surface area contributed by atoms with Gasteiger partial charge in [0, 0.05) is 30.4 Å². The zero-order valence-electron chi connectivity index (χ0n) is 17.0. The third-order valence-corrected chi connectivity index (χ3v) is 5.07. The summed E-state index contributed by atoms with van der Waals surface area (Å²) >= 11 is 0. The van der Waals surface area contributed by atoms with Gasteiger partial charge in [0.1, 0.15) is 0 Å². The summed E-state index contributed by atoms with van der Waals surface area (Å²) in [6, 6.07) is 12.7. The Kier molecular flexibility index (Phi) is 5.85. The molecule has 2 heterocycles. The number of nitrogens with one attached hydrogen (secondary N) is 2. The molecule has 0 saturated carbocycles. The quantitative estimate of drug-likeness (QED) is 0.434. The Labute approximate surface area is 186 Å². The lowest BCUT2D eigenvalue weighted by atomic mass is 10.1. The van der Waals surface area contributed by atoms with E-state index in [1.165, 1.54) is 23.3 Å². The number of hydrogen-bond donors (Lipinski definition) is 2. The lowest BCUT2D eigenvalue weighted by Gasteiger charge is -2.17. The Morgan fingerprint density at radius 2 is 1.85 bits per heavy atom. The first-order valence-electron chi connectivity index (χ1n) is 9.82. The van der Waals surface area contributed by atoms with Crippen LogP contribution in [0.3, 0.4) is 0 Å². The van der Waals surface area contributed by atoms with Crippen LogP contribution in [0, 0.1) is 21.8 Å². The van der Waals surface area contributed by atoms with E-state index >= 15 is 0 Å². The van der Waals surface area contributed by atoms with E-state index in [1.54, 1.807) is 30.3 Å². The Morgan fingerprint density at radius 1 is 1.09 bits per heavy atom. The molecule has 1 aliphatic rings. The van der Waals surface area contributed by atoms with Crippen molar-refractivity contribution in [2.75, 3.05) is 22.1 Å². The number of amides is 3. The van der Waals surface area contributed by atoms with E-state index < -0.39 is 40.1 Å². The molecule has 1 atom stereocenters. The van der Waals surface area contributed by atoms with Crippen molar-refractivity contribution in [3.05, 3.63) is 82.6 Å². The third-order valence-electron chi connectivity index (χ3n) is 5.07. The van der Waals surface area contributed by atoms with Gasteiger partial charge in [-0.05, 0) is 42.5 Å². The number of nitrogens with zero attached hydrogens (tertiary/aromatic N) is 2. The van der Waals surface area contributed by atoms with Crippen molar-refractivity contribution in [2.24, 2.45) is 5.92 Å². The smallest absolute Gasteiger partial charge is 0.306 e. The minimum atomic E-state index is -1.01. The third kappa shape index (κ3) is 4.71. The predicted octanol–water partition coefficient (Wildman–Crippen LogP) is 3.57.